The number of hydrogen-bond acceptors (Lipinski definition) is 6. The number of fused-ring (bicyclic) bond motifs is 2. The molecule has 3 aliphatic carbocycles. The first-order valence-electron chi connectivity index (χ1n) is 14.0. The fourth-order valence-corrected chi connectivity index (χ4v) is 7.17. The number of benzene rings is 1. The van der Waals surface area contributed by atoms with E-state index in [0.717, 1.165) is 24.0 Å². The maximum Gasteiger partial charge on any atom is 0.200 e. The second-order valence-corrected chi connectivity index (χ2v) is 13.0. The van der Waals surface area contributed by atoms with Gasteiger partial charge in [0.15, 0.2) is 23.3 Å². The van der Waals surface area contributed by atoms with Crippen molar-refractivity contribution in [3.05, 3.63) is 57.7 Å². The van der Waals surface area contributed by atoms with Crippen LogP contribution >= 0.6 is 0 Å². The predicted octanol–water partition coefficient (Wildman–Crippen LogP) is 6.45. The molecule has 5 atom stereocenters. The Morgan fingerprint density at radius 2 is 1.77 bits per heavy atom. The summed E-state index contributed by atoms with van der Waals surface area (Å²) in [5.41, 5.74) is 1.76. The van der Waals surface area contributed by atoms with Gasteiger partial charge in [0.25, 0.3) is 0 Å². The Labute approximate surface area is 230 Å². The van der Waals surface area contributed by atoms with E-state index < -0.39 is 22.9 Å². The Balaban J connectivity index is 1.55. The van der Waals surface area contributed by atoms with E-state index in [1.807, 2.05) is 46.8 Å². The molecule has 206 valence electrons. The average Bonchev–Trinajstić information content (AvgIpc) is 3.02. The van der Waals surface area contributed by atoms with Crippen LogP contribution < -0.4 is 9.47 Å². The molecule has 0 unspecified atom stereocenters. The Kier molecular flexibility index (Phi) is 5.65. The van der Waals surface area contributed by atoms with Crippen molar-refractivity contribution in [1.29, 1.82) is 0 Å². The lowest BCUT2D eigenvalue weighted by Gasteiger charge is -2.51. The molecule has 0 aromatic heterocycles. The van der Waals surface area contributed by atoms with Gasteiger partial charge in [0, 0.05) is 23.0 Å². The van der Waals surface area contributed by atoms with E-state index in [2.05, 4.69) is 26.0 Å². The number of ketones is 2. The van der Waals surface area contributed by atoms with E-state index in [1.165, 1.54) is 5.57 Å². The zero-order valence-electron chi connectivity index (χ0n) is 23.9. The van der Waals surface area contributed by atoms with Gasteiger partial charge in [0.2, 0.25) is 0 Å². The maximum atomic E-state index is 14.2. The monoisotopic (exact) mass is 530 g/mol. The minimum absolute atomic E-state index is 0.0316. The first kappa shape index (κ1) is 26.1. The van der Waals surface area contributed by atoms with Crippen molar-refractivity contribution in [1.82, 2.24) is 0 Å². The van der Waals surface area contributed by atoms with Gasteiger partial charge in [-0.1, -0.05) is 29.4 Å². The molecule has 39 heavy (non-hydrogen) atoms. The summed E-state index contributed by atoms with van der Waals surface area (Å²) in [6.07, 6.45) is 11.7. The molecule has 2 fully saturated rings. The summed E-state index contributed by atoms with van der Waals surface area (Å²) < 4.78 is 19.9. The summed E-state index contributed by atoms with van der Waals surface area (Å²) in [7, 11) is 0. The van der Waals surface area contributed by atoms with Gasteiger partial charge in [0.1, 0.15) is 28.4 Å². The lowest BCUT2D eigenvalue weighted by Crippen LogP contribution is -2.65. The third kappa shape index (κ3) is 3.63. The maximum absolute atomic E-state index is 14.2. The first-order chi connectivity index (χ1) is 18.3. The van der Waals surface area contributed by atoms with Crippen LogP contribution in [0.15, 0.2) is 41.0 Å². The smallest absolute Gasteiger partial charge is 0.200 e. The van der Waals surface area contributed by atoms with Crippen LogP contribution in [0, 0.1) is 11.8 Å². The Bertz CT molecular complexity index is 1430. The van der Waals surface area contributed by atoms with Crippen molar-refractivity contribution in [2.24, 2.45) is 11.8 Å². The molecule has 1 aromatic carbocycles. The summed E-state index contributed by atoms with van der Waals surface area (Å²) in [5, 5.41) is 11.5. The summed E-state index contributed by atoms with van der Waals surface area (Å²) in [6, 6.07) is 0. The highest BCUT2D eigenvalue weighted by atomic mass is 16.6. The molecule has 1 saturated carbocycles. The molecule has 6 aliphatic rings. The van der Waals surface area contributed by atoms with E-state index >= 15 is 0 Å². The summed E-state index contributed by atoms with van der Waals surface area (Å²) in [5.74, 6) is -0.139. The van der Waals surface area contributed by atoms with Crippen molar-refractivity contribution < 1.29 is 28.9 Å². The topological polar surface area (TPSA) is 82.1 Å². The number of aromatic hydroxyl groups is 1. The van der Waals surface area contributed by atoms with Crippen LogP contribution in [0.3, 0.4) is 0 Å². The van der Waals surface area contributed by atoms with Crippen LogP contribution in [-0.2, 0) is 16.0 Å². The minimum Gasteiger partial charge on any atom is -0.506 e. The Hall–Kier alpha value is -3.12. The van der Waals surface area contributed by atoms with E-state index in [-0.39, 0.29) is 34.7 Å². The number of rotatable bonds is 5. The third-order valence-electron chi connectivity index (χ3n) is 9.17. The van der Waals surface area contributed by atoms with Gasteiger partial charge in [0.05, 0.1) is 11.2 Å². The van der Waals surface area contributed by atoms with E-state index in [9.17, 15) is 14.7 Å². The van der Waals surface area contributed by atoms with Crippen molar-refractivity contribution in [3.63, 3.8) is 0 Å². The third-order valence-corrected chi connectivity index (χ3v) is 9.17. The van der Waals surface area contributed by atoms with E-state index in [0.29, 0.717) is 35.5 Å². The molecular formula is C33H38O6. The molecule has 1 N–H and O–H groups in total. The van der Waals surface area contributed by atoms with Gasteiger partial charge in [-0.2, -0.15) is 0 Å². The lowest BCUT2D eigenvalue weighted by atomic mass is 9.56. The van der Waals surface area contributed by atoms with Gasteiger partial charge < -0.3 is 19.3 Å². The van der Waals surface area contributed by atoms with Gasteiger partial charge in [-0.05, 0) is 86.3 Å². The van der Waals surface area contributed by atoms with Crippen LogP contribution in [0.5, 0.6) is 17.2 Å². The molecule has 3 aliphatic heterocycles. The molecule has 0 amide bonds. The standard InChI is InChI=1S/C33H38O6/c1-17(2)9-8-13-32(7)14-12-20-26(35)24-27(36)22-15-19-16-23-31(5,6)39-30(25(19)34)33(22,23)38-29(24)21(28(20)37-32)11-10-18(3)4/h9-10,12,14-15,19,23,30,35H,8,11,13,16H2,1-7H3/t19-,23-,30+,32-,33-/m1/s1. The Morgan fingerprint density at radius 1 is 1.05 bits per heavy atom. The largest absolute Gasteiger partial charge is 0.506 e. The molecule has 1 spiro atoms. The SMILES string of the molecule is CC(C)=CCC[C@]1(C)C=Cc2c(O)c3c(c(CC=C(C)C)c2O1)O[C@]12C(=C[C@@H]4C[C@@H]1C(C)(C)O[C@H]2C4=O)C3=O. The fourth-order valence-electron chi connectivity index (χ4n) is 7.17. The summed E-state index contributed by atoms with van der Waals surface area (Å²) in [4.78, 5) is 27.6. The van der Waals surface area contributed by atoms with Crippen LogP contribution in [-0.4, -0.2) is 39.6 Å². The van der Waals surface area contributed by atoms with Crippen LogP contribution in [0.1, 0.15) is 89.2 Å². The minimum atomic E-state index is -1.20. The number of phenolic OH excluding ortho intramolecular Hbond substituents is 1. The first-order valence-corrected chi connectivity index (χ1v) is 14.0. The lowest BCUT2D eigenvalue weighted by molar-refractivity contribution is -0.145. The van der Waals surface area contributed by atoms with Crippen molar-refractivity contribution >= 4 is 17.6 Å². The van der Waals surface area contributed by atoms with E-state index in [1.54, 1.807) is 6.08 Å². The average molecular weight is 531 g/mol. The number of Topliss-reactive ketones (excluding diaryl/α,β-unsaturated/α-hetero) is 2. The van der Waals surface area contributed by atoms with Crippen LogP contribution in [0.25, 0.3) is 6.08 Å². The fraction of sp³-hybridized carbons (Fsp3) is 0.515. The van der Waals surface area contributed by atoms with Crippen molar-refractivity contribution in [3.8, 4) is 17.2 Å². The normalized spacial score (nSPS) is 32.4. The molecule has 1 aromatic rings. The zero-order chi connectivity index (χ0) is 28.1. The van der Waals surface area contributed by atoms with Crippen molar-refractivity contribution in [2.75, 3.05) is 0 Å². The zero-order valence-corrected chi connectivity index (χ0v) is 23.9. The van der Waals surface area contributed by atoms with Gasteiger partial charge >= 0.3 is 0 Å². The molecular weight excluding hydrogens is 492 g/mol. The molecule has 6 nitrogen and oxygen atoms in total. The molecule has 7 rings (SSSR count). The number of carbonyl (C=O) groups is 2. The number of phenols is 1. The highest BCUT2D eigenvalue weighted by Gasteiger charge is 2.74. The number of carbonyl (C=O) groups excluding carboxylic acids is 2. The Morgan fingerprint density at radius 3 is 2.46 bits per heavy atom. The van der Waals surface area contributed by atoms with E-state index in [4.69, 9.17) is 14.2 Å². The summed E-state index contributed by atoms with van der Waals surface area (Å²) in [6.45, 7) is 14.2. The number of ether oxygens (including phenoxy) is 3. The highest BCUT2D eigenvalue weighted by molar-refractivity contribution is 6.18. The second kappa shape index (κ2) is 8.44. The van der Waals surface area contributed by atoms with Gasteiger partial charge in [-0.15, -0.1) is 0 Å². The molecule has 6 heteroatoms. The number of allylic oxidation sites excluding steroid dienone is 5. The van der Waals surface area contributed by atoms with Gasteiger partial charge in [-0.3, -0.25) is 9.59 Å². The highest BCUT2D eigenvalue weighted by Crippen LogP contribution is 2.64. The molecule has 4 bridgehead atoms. The predicted molar refractivity (Wildman–Crippen MR) is 149 cm³/mol. The van der Waals surface area contributed by atoms with Crippen LogP contribution in [0.2, 0.25) is 0 Å². The number of hydrogen-bond donors (Lipinski definition) is 1. The molecule has 3 heterocycles. The van der Waals surface area contributed by atoms with Crippen LogP contribution in [0.4, 0.5) is 0 Å². The quantitative estimate of drug-likeness (QED) is 0.441. The second-order valence-electron chi connectivity index (χ2n) is 13.0. The van der Waals surface area contributed by atoms with Crippen molar-refractivity contribution in [2.45, 2.75) is 97.1 Å². The summed E-state index contributed by atoms with van der Waals surface area (Å²) >= 11 is 0. The molecule has 1 saturated heterocycles. The molecule has 0 radical (unpaired) electrons. The van der Waals surface area contributed by atoms with Gasteiger partial charge in [-0.25, -0.2) is 0 Å².